The van der Waals surface area contributed by atoms with Crippen molar-refractivity contribution in [2.24, 2.45) is 0 Å². The predicted octanol–water partition coefficient (Wildman–Crippen LogP) is 1.57. The standard InChI is InChI=1S/C17H17N3O3S/c1-2-7-18-16(22)12-5-6-15(21)20(9-12)10-13-11-24-17(19-13)14-4-3-8-23-14/h1,5-6,9,11,14H,3-4,7-8,10H2,(H,18,22). The molecule has 0 bridgehead atoms. The number of pyridine rings is 1. The number of ether oxygens (including phenoxy) is 1. The molecule has 3 rings (SSSR count). The van der Waals surface area contributed by atoms with Crippen molar-refractivity contribution in [2.45, 2.75) is 25.5 Å². The number of carbonyl (C=O) groups excluding carboxylic acids is 1. The van der Waals surface area contributed by atoms with Crippen molar-refractivity contribution in [3.63, 3.8) is 0 Å². The van der Waals surface area contributed by atoms with Crippen molar-refractivity contribution in [2.75, 3.05) is 13.2 Å². The van der Waals surface area contributed by atoms with Crippen LogP contribution in [-0.2, 0) is 11.3 Å². The number of terminal acetylenes is 1. The van der Waals surface area contributed by atoms with E-state index in [1.807, 2.05) is 5.38 Å². The Labute approximate surface area is 143 Å². The maximum atomic E-state index is 12.0. The van der Waals surface area contributed by atoms with Crippen molar-refractivity contribution < 1.29 is 9.53 Å². The van der Waals surface area contributed by atoms with Gasteiger partial charge in [0.15, 0.2) is 0 Å². The zero-order chi connectivity index (χ0) is 16.9. The molecule has 0 saturated carbocycles. The van der Waals surface area contributed by atoms with Crippen molar-refractivity contribution in [1.29, 1.82) is 0 Å². The Morgan fingerprint density at radius 2 is 2.42 bits per heavy atom. The van der Waals surface area contributed by atoms with E-state index in [0.29, 0.717) is 12.1 Å². The molecule has 2 aromatic heterocycles. The predicted molar refractivity (Wildman–Crippen MR) is 91.0 cm³/mol. The zero-order valence-electron chi connectivity index (χ0n) is 13.0. The summed E-state index contributed by atoms with van der Waals surface area (Å²) in [5, 5.41) is 5.45. The summed E-state index contributed by atoms with van der Waals surface area (Å²) in [6.45, 7) is 1.24. The van der Waals surface area contributed by atoms with E-state index in [0.717, 1.165) is 30.2 Å². The lowest BCUT2D eigenvalue weighted by molar-refractivity contribution is 0.0958. The molecule has 24 heavy (non-hydrogen) atoms. The van der Waals surface area contributed by atoms with Crippen LogP contribution in [0.25, 0.3) is 0 Å². The number of nitrogens with zero attached hydrogens (tertiary/aromatic N) is 2. The van der Waals surface area contributed by atoms with E-state index in [-0.39, 0.29) is 24.1 Å². The second-order valence-electron chi connectivity index (χ2n) is 5.45. The number of rotatable bonds is 5. The number of amides is 1. The third kappa shape index (κ3) is 3.72. The van der Waals surface area contributed by atoms with Gasteiger partial charge in [0.25, 0.3) is 11.5 Å². The molecule has 0 aromatic carbocycles. The molecule has 1 saturated heterocycles. The van der Waals surface area contributed by atoms with Crippen molar-refractivity contribution in [3.05, 3.63) is 50.3 Å². The van der Waals surface area contributed by atoms with Gasteiger partial charge in [0.1, 0.15) is 11.1 Å². The van der Waals surface area contributed by atoms with Crippen LogP contribution in [0.1, 0.15) is 40.0 Å². The van der Waals surface area contributed by atoms with Gasteiger partial charge in [-0.25, -0.2) is 4.98 Å². The molecule has 1 unspecified atom stereocenters. The molecule has 0 radical (unpaired) electrons. The molecule has 1 N–H and O–H groups in total. The number of hydrogen-bond acceptors (Lipinski definition) is 5. The Morgan fingerprint density at radius 1 is 1.54 bits per heavy atom. The monoisotopic (exact) mass is 343 g/mol. The molecule has 1 amide bonds. The van der Waals surface area contributed by atoms with Crippen LogP contribution in [0.15, 0.2) is 28.5 Å². The van der Waals surface area contributed by atoms with Gasteiger partial charge in [0.05, 0.1) is 24.3 Å². The lowest BCUT2D eigenvalue weighted by Gasteiger charge is -2.07. The first-order valence-electron chi connectivity index (χ1n) is 7.65. The third-order valence-electron chi connectivity index (χ3n) is 3.70. The zero-order valence-corrected chi connectivity index (χ0v) is 13.8. The third-order valence-corrected chi connectivity index (χ3v) is 4.69. The minimum absolute atomic E-state index is 0.0707. The second-order valence-corrected chi connectivity index (χ2v) is 6.34. The Balaban J connectivity index is 1.76. The number of carbonyl (C=O) groups is 1. The molecule has 124 valence electrons. The summed E-state index contributed by atoms with van der Waals surface area (Å²) in [4.78, 5) is 28.5. The van der Waals surface area contributed by atoms with Gasteiger partial charge in [-0.1, -0.05) is 5.92 Å². The van der Waals surface area contributed by atoms with Crippen LogP contribution in [0.2, 0.25) is 0 Å². The number of hydrogen-bond donors (Lipinski definition) is 1. The highest BCUT2D eigenvalue weighted by Gasteiger charge is 2.21. The summed E-state index contributed by atoms with van der Waals surface area (Å²) >= 11 is 1.54. The fourth-order valence-electron chi connectivity index (χ4n) is 2.51. The molecule has 1 aliphatic heterocycles. The second kappa shape index (κ2) is 7.43. The molecule has 6 nitrogen and oxygen atoms in total. The van der Waals surface area contributed by atoms with E-state index < -0.39 is 0 Å². The first kappa shape index (κ1) is 16.4. The average molecular weight is 343 g/mol. The van der Waals surface area contributed by atoms with Gasteiger partial charge in [-0.15, -0.1) is 17.8 Å². The molecule has 0 aliphatic carbocycles. The summed E-state index contributed by atoms with van der Waals surface area (Å²) in [5.41, 5.74) is 0.989. The van der Waals surface area contributed by atoms with Gasteiger partial charge in [-0.3, -0.25) is 9.59 Å². The van der Waals surface area contributed by atoms with E-state index in [4.69, 9.17) is 11.2 Å². The molecule has 1 aliphatic rings. The van der Waals surface area contributed by atoms with Crippen LogP contribution >= 0.6 is 11.3 Å². The molecule has 0 spiro atoms. The lowest BCUT2D eigenvalue weighted by Crippen LogP contribution is -2.27. The molecule has 1 atom stereocenters. The van der Waals surface area contributed by atoms with Gasteiger partial charge < -0.3 is 14.6 Å². The molecule has 2 aromatic rings. The van der Waals surface area contributed by atoms with E-state index in [1.54, 1.807) is 11.3 Å². The Kier molecular flexibility index (Phi) is 5.08. The smallest absolute Gasteiger partial charge is 0.253 e. The highest BCUT2D eigenvalue weighted by molar-refractivity contribution is 7.09. The number of aromatic nitrogens is 2. The maximum absolute atomic E-state index is 12.0. The van der Waals surface area contributed by atoms with Crippen LogP contribution in [-0.4, -0.2) is 28.6 Å². The summed E-state index contributed by atoms with van der Waals surface area (Å²) in [7, 11) is 0. The van der Waals surface area contributed by atoms with Gasteiger partial charge in [-0.05, 0) is 18.9 Å². The summed E-state index contributed by atoms with van der Waals surface area (Å²) in [6, 6.07) is 2.86. The largest absolute Gasteiger partial charge is 0.371 e. The van der Waals surface area contributed by atoms with Crippen LogP contribution in [0.5, 0.6) is 0 Å². The number of nitrogens with one attached hydrogen (secondary N) is 1. The highest BCUT2D eigenvalue weighted by Crippen LogP contribution is 2.30. The lowest BCUT2D eigenvalue weighted by atomic mass is 10.2. The Hall–Kier alpha value is -2.43. The van der Waals surface area contributed by atoms with E-state index in [2.05, 4.69) is 16.2 Å². The minimum Gasteiger partial charge on any atom is -0.371 e. The average Bonchev–Trinajstić information content (AvgIpc) is 3.25. The van der Waals surface area contributed by atoms with Crippen LogP contribution in [0.4, 0.5) is 0 Å². The van der Waals surface area contributed by atoms with Crippen LogP contribution < -0.4 is 10.9 Å². The minimum atomic E-state index is -0.306. The van der Waals surface area contributed by atoms with Crippen molar-refractivity contribution in [3.8, 4) is 12.3 Å². The fourth-order valence-corrected chi connectivity index (χ4v) is 3.40. The quantitative estimate of drug-likeness (QED) is 0.837. The topological polar surface area (TPSA) is 73.2 Å². The first-order chi connectivity index (χ1) is 11.7. The molecular weight excluding hydrogens is 326 g/mol. The molecule has 3 heterocycles. The van der Waals surface area contributed by atoms with Crippen molar-refractivity contribution >= 4 is 17.2 Å². The summed E-state index contributed by atoms with van der Waals surface area (Å²) in [5.74, 6) is 2.04. The van der Waals surface area contributed by atoms with E-state index >= 15 is 0 Å². The summed E-state index contributed by atoms with van der Waals surface area (Å²) in [6.07, 6.45) is 8.76. The van der Waals surface area contributed by atoms with Crippen LogP contribution in [0, 0.1) is 12.3 Å². The fraction of sp³-hybridized carbons (Fsp3) is 0.353. The Bertz CT molecular complexity index is 828. The van der Waals surface area contributed by atoms with E-state index in [1.165, 1.54) is 22.9 Å². The van der Waals surface area contributed by atoms with Gasteiger partial charge in [0, 0.05) is 24.3 Å². The van der Waals surface area contributed by atoms with Crippen molar-refractivity contribution in [1.82, 2.24) is 14.9 Å². The van der Waals surface area contributed by atoms with Gasteiger partial charge >= 0.3 is 0 Å². The first-order valence-corrected chi connectivity index (χ1v) is 8.53. The maximum Gasteiger partial charge on any atom is 0.253 e. The SMILES string of the molecule is C#CCNC(=O)c1ccc(=O)n(Cc2csc(C3CCCO3)n2)c1. The molecule has 7 heteroatoms. The summed E-state index contributed by atoms with van der Waals surface area (Å²) < 4.78 is 7.10. The van der Waals surface area contributed by atoms with Crippen LogP contribution in [0.3, 0.4) is 0 Å². The van der Waals surface area contributed by atoms with Gasteiger partial charge in [0.2, 0.25) is 0 Å². The molecular formula is C17H17N3O3S. The Morgan fingerprint density at radius 3 is 3.17 bits per heavy atom. The van der Waals surface area contributed by atoms with E-state index in [9.17, 15) is 9.59 Å². The van der Waals surface area contributed by atoms with Gasteiger partial charge in [-0.2, -0.15) is 0 Å². The normalized spacial score (nSPS) is 16.7. The number of thiazole rings is 1. The molecule has 1 fully saturated rings. The highest BCUT2D eigenvalue weighted by atomic mass is 32.1.